The fourth-order valence-electron chi connectivity index (χ4n) is 4.14. The number of rotatable bonds is 5. The third kappa shape index (κ3) is 3.29. The van der Waals surface area contributed by atoms with E-state index >= 15 is 0 Å². The van der Waals surface area contributed by atoms with Crippen LogP contribution >= 0.6 is 0 Å². The van der Waals surface area contributed by atoms with Gasteiger partial charge in [0, 0.05) is 6.42 Å². The summed E-state index contributed by atoms with van der Waals surface area (Å²) in [6.07, 6.45) is 2.81. The number of para-hydroxylation sites is 1. The maximum absolute atomic E-state index is 13.2. The summed E-state index contributed by atoms with van der Waals surface area (Å²) in [5.74, 6) is -0.664. The molecule has 29 heavy (non-hydrogen) atoms. The molecule has 3 atom stereocenters. The van der Waals surface area contributed by atoms with Gasteiger partial charge in [-0.3, -0.25) is 14.4 Å². The Labute approximate surface area is 168 Å². The van der Waals surface area contributed by atoms with Gasteiger partial charge in [0.1, 0.15) is 12.1 Å². The first kappa shape index (κ1) is 19.2. The van der Waals surface area contributed by atoms with Crippen LogP contribution in [-0.4, -0.2) is 53.9 Å². The van der Waals surface area contributed by atoms with Crippen LogP contribution in [-0.2, 0) is 14.4 Å². The van der Waals surface area contributed by atoms with Crippen molar-refractivity contribution in [2.45, 2.75) is 43.4 Å². The van der Waals surface area contributed by atoms with Crippen molar-refractivity contribution in [3.63, 3.8) is 0 Å². The smallest absolute Gasteiger partial charge is 0.270 e. The number of benzene rings is 1. The molecule has 1 aliphatic carbocycles. The van der Waals surface area contributed by atoms with E-state index in [9.17, 15) is 19.6 Å². The van der Waals surface area contributed by atoms with Crippen LogP contribution in [0.25, 0.3) is 0 Å². The molecule has 1 saturated carbocycles. The Balaban J connectivity index is 1.65. The fourth-order valence-corrected chi connectivity index (χ4v) is 4.14. The highest BCUT2D eigenvalue weighted by molar-refractivity contribution is 6.03. The molecule has 0 unspecified atom stereocenters. The van der Waals surface area contributed by atoms with Crippen LogP contribution in [0.15, 0.2) is 18.2 Å². The number of nitrogens with one attached hydrogen (secondary N) is 2. The number of carbonyl (C=O) groups excluding carboxylic acids is 3. The van der Waals surface area contributed by atoms with Crippen LogP contribution in [0.5, 0.6) is 5.75 Å². The SMILES string of the molecule is CN[C@@H](CC1CC1)C(=O)N1C[C@@]2(C[C@H]1C(N)=O)Oc1c(C#N)cccc1NC2=O. The summed E-state index contributed by atoms with van der Waals surface area (Å²) in [7, 11) is 1.70. The quantitative estimate of drug-likeness (QED) is 0.644. The number of ether oxygens (including phenoxy) is 1. The number of primary amides is 1. The number of fused-ring (bicyclic) bond motifs is 1. The molecule has 1 spiro atoms. The van der Waals surface area contributed by atoms with E-state index in [-0.39, 0.29) is 30.2 Å². The summed E-state index contributed by atoms with van der Waals surface area (Å²) < 4.78 is 6.03. The van der Waals surface area contributed by atoms with E-state index in [2.05, 4.69) is 10.6 Å². The van der Waals surface area contributed by atoms with Crippen molar-refractivity contribution in [3.05, 3.63) is 23.8 Å². The van der Waals surface area contributed by atoms with Gasteiger partial charge in [-0.05, 0) is 31.5 Å². The zero-order valence-electron chi connectivity index (χ0n) is 16.1. The summed E-state index contributed by atoms with van der Waals surface area (Å²) in [5, 5.41) is 15.1. The molecule has 0 aromatic heterocycles. The molecule has 3 aliphatic rings. The van der Waals surface area contributed by atoms with Gasteiger partial charge in [-0.15, -0.1) is 0 Å². The molecule has 1 saturated heterocycles. The van der Waals surface area contributed by atoms with Crippen LogP contribution in [0, 0.1) is 17.2 Å². The maximum Gasteiger partial charge on any atom is 0.270 e. The molecule has 1 aromatic rings. The molecular formula is C20H23N5O4. The van der Waals surface area contributed by atoms with Gasteiger partial charge in [0.25, 0.3) is 5.91 Å². The molecule has 0 radical (unpaired) electrons. The Kier molecular flexibility index (Phi) is 4.67. The van der Waals surface area contributed by atoms with E-state index in [1.54, 1.807) is 25.2 Å². The average Bonchev–Trinajstić information content (AvgIpc) is 3.44. The van der Waals surface area contributed by atoms with E-state index in [4.69, 9.17) is 10.5 Å². The number of likely N-dealkylation sites (N-methyl/N-ethyl adjacent to an activating group) is 1. The number of amides is 3. The average molecular weight is 397 g/mol. The number of carbonyl (C=O) groups is 3. The number of nitrogens with two attached hydrogens (primary N) is 1. The normalized spacial score (nSPS) is 26.3. The van der Waals surface area contributed by atoms with Crippen LogP contribution in [0.3, 0.4) is 0 Å². The minimum absolute atomic E-state index is 0.0566. The predicted molar refractivity (Wildman–Crippen MR) is 103 cm³/mol. The summed E-state index contributed by atoms with van der Waals surface area (Å²) in [6, 6.07) is 5.50. The summed E-state index contributed by atoms with van der Waals surface area (Å²) in [5.41, 5.74) is 4.77. The van der Waals surface area contributed by atoms with Crippen LogP contribution < -0.4 is 21.1 Å². The van der Waals surface area contributed by atoms with E-state index in [1.165, 1.54) is 4.90 Å². The number of nitriles is 1. The lowest BCUT2D eigenvalue weighted by Gasteiger charge is -2.34. The number of hydrogen-bond acceptors (Lipinski definition) is 6. The third-order valence-electron chi connectivity index (χ3n) is 5.94. The van der Waals surface area contributed by atoms with Gasteiger partial charge in [-0.2, -0.15) is 5.26 Å². The molecule has 2 fully saturated rings. The number of likely N-dealkylation sites (tertiary alicyclic amines) is 1. The Morgan fingerprint density at radius 3 is 2.86 bits per heavy atom. The highest BCUT2D eigenvalue weighted by Crippen LogP contribution is 2.42. The van der Waals surface area contributed by atoms with Crippen molar-refractivity contribution in [1.29, 1.82) is 5.26 Å². The zero-order chi connectivity index (χ0) is 20.8. The van der Waals surface area contributed by atoms with Gasteiger partial charge in [-0.25, -0.2) is 0 Å². The Morgan fingerprint density at radius 2 is 2.24 bits per heavy atom. The van der Waals surface area contributed by atoms with Crippen LogP contribution in [0.4, 0.5) is 5.69 Å². The molecule has 1 aromatic carbocycles. The lowest BCUT2D eigenvalue weighted by Crippen LogP contribution is -2.55. The minimum Gasteiger partial charge on any atom is -0.472 e. The molecule has 3 amide bonds. The minimum atomic E-state index is -1.47. The van der Waals surface area contributed by atoms with Crippen molar-refractivity contribution in [2.24, 2.45) is 11.7 Å². The van der Waals surface area contributed by atoms with Gasteiger partial charge < -0.3 is 26.0 Å². The van der Waals surface area contributed by atoms with Crippen molar-refractivity contribution >= 4 is 23.4 Å². The lowest BCUT2D eigenvalue weighted by molar-refractivity contribution is -0.140. The van der Waals surface area contributed by atoms with E-state index in [0.717, 1.165) is 12.8 Å². The Morgan fingerprint density at radius 1 is 1.48 bits per heavy atom. The zero-order valence-corrected chi connectivity index (χ0v) is 16.1. The second-order valence-electron chi connectivity index (χ2n) is 7.95. The lowest BCUT2D eigenvalue weighted by atomic mass is 9.96. The van der Waals surface area contributed by atoms with E-state index in [0.29, 0.717) is 18.0 Å². The molecule has 4 N–H and O–H groups in total. The van der Waals surface area contributed by atoms with Gasteiger partial charge >= 0.3 is 0 Å². The highest BCUT2D eigenvalue weighted by Gasteiger charge is 2.57. The Bertz CT molecular complexity index is 922. The second-order valence-corrected chi connectivity index (χ2v) is 7.95. The number of anilines is 1. The van der Waals surface area contributed by atoms with Crippen molar-refractivity contribution in [1.82, 2.24) is 10.2 Å². The monoisotopic (exact) mass is 397 g/mol. The first-order chi connectivity index (χ1) is 13.9. The summed E-state index contributed by atoms with van der Waals surface area (Å²) in [6.45, 7) is -0.104. The van der Waals surface area contributed by atoms with Gasteiger partial charge in [-0.1, -0.05) is 18.9 Å². The first-order valence-electron chi connectivity index (χ1n) is 9.69. The molecule has 9 heteroatoms. The van der Waals surface area contributed by atoms with Gasteiger partial charge in [0.2, 0.25) is 17.4 Å². The molecule has 152 valence electrons. The Hall–Kier alpha value is -3.12. The number of hydrogen-bond donors (Lipinski definition) is 3. The maximum atomic E-state index is 13.2. The van der Waals surface area contributed by atoms with Crippen molar-refractivity contribution < 1.29 is 19.1 Å². The first-order valence-corrected chi connectivity index (χ1v) is 9.69. The standard InChI is InChI=1S/C20H23N5O4/c1-23-14(7-11-5-6-11)18(27)25-10-20(8-15(25)17(22)26)19(28)24-13-4-2-3-12(9-21)16(13)29-20/h2-4,11,14-15,23H,5-8,10H2,1H3,(H2,22,26)(H,24,28)/t14-,15-,20+/m0/s1. The summed E-state index contributed by atoms with van der Waals surface area (Å²) >= 11 is 0. The second kappa shape index (κ2) is 7.04. The van der Waals surface area contributed by atoms with E-state index < -0.39 is 29.5 Å². The number of nitrogens with zero attached hydrogens (tertiary/aromatic N) is 2. The van der Waals surface area contributed by atoms with Crippen molar-refractivity contribution in [3.8, 4) is 11.8 Å². The van der Waals surface area contributed by atoms with Crippen molar-refractivity contribution in [2.75, 3.05) is 18.9 Å². The van der Waals surface area contributed by atoms with E-state index in [1.807, 2.05) is 6.07 Å². The molecule has 2 aliphatic heterocycles. The predicted octanol–water partition coefficient (Wildman–Crippen LogP) is 0.102. The highest BCUT2D eigenvalue weighted by atomic mass is 16.5. The van der Waals surface area contributed by atoms with Crippen LogP contribution in [0.1, 0.15) is 31.2 Å². The molecule has 4 rings (SSSR count). The van der Waals surface area contributed by atoms with Gasteiger partial charge in [0.15, 0.2) is 5.75 Å². The van der Waals surface area contributed by atoms with Gasteiger partial charge in [0.05, 0.1) is 23.8 Å². The topological polar surface area (TPSA) is 138 Å². The molecule has 2 heterocycles. The van der Waals surface area contributed by atoms with Crippen LogP contribution in [0.2, 0.25) is 0 Å². The summed E-state index contributed by atoms with van der Waals surface area (Å²) in [4.78, 5) is 39.6. The molecular weight excluding hydrogens is 374 g/mol. The molecule has 0 bridgehead atoms. The molecule has 9 nitrogen and oxygen atoms in total. The fraction of sp³-hybridized carbons (Fsp3) is 0.500. The largest absolute Gasteiger partial charge is 0.472 e. The third-order valence-corrected chi connectivity index (χ3v) is 5.94.